The smallest absolute Gasteiger partial charge is 0.160 e. The molecule has 2 aromatic heterocycles. The van der Waals surface area contributed by atoms with Gasteiger partial charge in [-0.05, 0) is 6.07 Å². The number of aromatic nitrogens is 3. The lowest BCUT2D eigenvalue weighted by atomic mass is 10.2. The minimum Gasteiger partial charge on any atom is -0.391 e. The van der Waals surface area contributed by atoms with Gasteiger partial charge in [-0.2, -0.15) is 5.10 Å². The molecule has 0 atom stereocenters. The number of rotatable bonds is 3. The normalized spacial score (nSPS) is 11.0. The van der Waals surface area contributed by atoms with Gasteiger partial charge in [-0.15, -0.1) is 0 Å². The predicted octanol–water partition coefficient (Wildman–Crippen LogP) is 0.368. The zero-order valence-corrected chi connectivity index (χ0v) is 7.84. The zero-order chi connectivity index (χ0) is 9.97. The minimum atomic E-state index is -0.0702. The topological polar surface area (TPSA) is 59.7 Å². The Morgan fingerprint density at radius 1 is 1.57 bits per heavy atom. The number of hydrogen-bond acceptors (Lipinski definition) is 4. The number of aliphatic hydroxyl groups excluding tert-OH is 1. The fraction of sp³-hybridized carbons (Fsp3) is 0.333. The Morgan fingerprint density at radius 3 is 3.14 bits per heavy atom. The first-order valence-electron chi connectivity index (χ1n) is 4.27. The molecule has 0 saturated carbocycles. The molecule has 2 aromatic rings. The molecule has 0 spiro atoms. The van der Waals surface area contributed by atoms with Gasteiger partial charge >= 0.3 is 0 Å². The van der Waals surface area contributed by atoms with Crippen molar-refractivity contribution < 1.29 is 9.84 Å². The van der Waals surface area contributed by atoms with E-state index in [1.165, 1.54) is 0 Å². The first kappa shape index (κ1) is 9.11. The quantitative estimate of drug-likeness (QED) is 0.765. The summed E-state index contributed by atoms with van der Waals surface area (Å²) in [7, 11) is 1.60. The highest BCUT2D eigenvalue weighted by molar-refractivity contribution is 5.49. The minimum absolute atomic E-state index is 0.0702. The van der Waals surface area contributed by atoms with Crippen LogP contribution in [0.2, 0.25) is 0 Å². The van der Waals surface area contributed by atoms with E-state index in [-0.39, 0.29) is 6.61 Å². The van der Waals surface area contributed by atoms with Crippen molar-refractivity contribution >= 4 is 5.65 Å². The van der Waals surface area contributed by atoms with Crippen LogP contribution >= 0.6 is 0 Å². The van der Waals surface area contributed by atoms with Gasteiger partial charge in [0, 0.05) is 25.1 Å². The largest absolute Gasteiger partial charge is 0.391 e. The van der Waals surface area contributed by atoms with E-state index in [9.17, 15) is 5.11 Å². The van der Waals surface area contributed by atoms with Crippen LogP contribution in [0.3, 0.4) is 0 Å². The summed E-state index contributed by atoms with van der Waals surface area (Å²) in [5.74, 6) is 0. The molecule has 1 N–H and O–H groups in total. The summed E-state index contributed by atoms with van der Waals surface area (Å²) in [6, 6.07) is 1.79. The molecule has 2 rings (SSSR count). The van der Waals surface area contributed by atoms with Crippen LogP contribution in [-0.4, -0.2) is 26.8 Å². The van der Waals surface area contributed by atoms with E-state index in [0.717, 1.165) is 11.3 Å². The van der Waals surface area contributed by atoms with Crippen LogP contribution in [0.5, 0.6) is 0 Å². The molecule has 0 amide bonds. The molecule has 0 aromatic carbocycles. The highest BCUT2D eigenvalue weighted by Gasteiger charge is 2.11. The van der Waals surface area contributed by atoms with Gasteiger partial charge in [-0.3, -0.25) is 0 Å². The Morgan fingerprint density at radius 2 is 2.43 bits per heavy atom. The third-order valence-corrected chi connectivity index (χ3v) is 2.01. The Labute approximate surface area is 81.0 Å². The summed E-state index contributed by atoms with van der Waals surface area (Å²) in [6.07, 6.45) is 3.47. The molecule has 0 aliphatic carbocycles. The number of ether oxygens (including phenoxy) is 1. The van der Waals surface area contributed by atoms with Gasteiger partial charge in [0.2, 0.25) is 0 Å². The van der Waals surface area contributed by atoms with Crippen molar-refractivity contribution in [3.05, 3.63) is 29.7 Å². The van der Waals surface area contributed by atoms with Crippen LogP contribution in [0.1, 0.15) is 11.3 Å². The van der Waals surface area contributed by atoms with Crippen LogP contribution in [0.15, 0.2) is 18.5 Å². The lowest BCUT2D eigenvalue weighted by Crippen LogP contribution is -1.93. The van der Waals surface area contributed by atoms with Crippen molar-refractivity contribution in [1.82, 2.24) is 14.6 Å². The van der Waals surface area contributed by atoms with Crippen molar-refractivity contribution in [2.75, 3.05) is 7.11 Å². The van der Waals surface area contributed by atoms with E-state index in [1.54, 1.807) is 30.1 Å². The molecule has 0 unspecified atom stereocenters. The number of aliphatic hydroxyl groups is 1. The fourth-order valence-corrected chi connectivity index (χ4v) is 1.39. The molecule has 0 aliphatic heterocycles. The molecule has 14 heavy (non-hydrogen) atoms. The third kappa shape index (κ3) is 1.36. The van der Waals surface area contributed by atoms with Gasteiger partial charge in [0.05, 0.1) is 18.9 Å². The number of nitrogens with zero attached hydrogens (tertiary/aromatic N) is 3. The summed E-state index contributed by atoms with van der Waals surface area (Å²) in [6.45, 7) is 0.318. The van der Waals surface area contributed by atoms with Crippen molar-refractivity contribution in [1.29, 1.82) is 0 Å². The Balaban J connectivity index is 2.60. The molecule has 5 heteroatoms. The van der Waals surface area contributed by atoms with Crippen molar-refractivity contribution in [2.45, 2.75) is 13.2 Å². The second-order valence-electron chi connectivity index (χ2n) is 2.90. The molecule has 0 radical (unpaired) electrons. The van der Waals surface area contributed by atoms with E-state index in [1.807, 2.05) is 0 Å². The van der Waals surface area contributed by atoms with Crippen LogP contribution in [0.4, 0.5) is 0 Å². The monoisotopic (exact) mass is 193 g/mol. The fourth-order valence-electron chi connectivity index (χ4n) is 1.39. The van der Waals surface area contributed by atoms with Gasteiger partial charge < -0.3 is 9.84 Å². The lowest BCUT2D eigenvalue weighted by Gasteiger charge is -1.95. The van der Waals surface area contributed by atoms with Crippen LogP contribution in [0, 0.1) is 0 Å². The van der Waals surface area contributed by atoms with Crippen LogP contribution in [-0.2, 0) is 18.0 Å². The first-order valence-corrected chi connectivity index (χ1v) is 4.27. The van der Waals surface area contributed by atoms with Gasteiger partial charge in [0.1, 0.15) is 0 Å². The Hall–Kier alpha value is -1.46. The molecule has 5 nitrogen and oxygen atoms in total. The lowest BCUT2D eigenvalue weighted by molar-refractivity contribution is 0.178. The van der Waals surface area contributed by atoms with Crippen LogP contribution in [0.25, 0.3) is 5.65 Å². The van der Waals surface area contributed by atoms with E-state index >= 15 is 0 Å². The molecule has 0 bridgehead atoms. The second kappa shape index (κ2) is 3.73. The molecule has 74 valence electrons. The average molecular weight is 193 g/mol. The van der Waals surface area contributed by atoms with Crippen molar-refractivity contribution in [3.8, 4) is 0 Å². The van der Waals surface area contributed by atoms with Gasteiger partial charge in [-0.1, -0.05) is 0 Å². The number of hydrogen-bond donors (Lipinski definition) is 1. The molecule has 0 fully saturated rings. The average Bonchev–Trinajstić information content (AvgIpc) is 2.55. The SMILES string of the molecule is COCc1nn2cccnc2c1CO. The number of fused-ring (bicyclic) bond motifs is 1. The molecule has 0 aliphatic rings. The van der Waals surface area contributed by atoms with E-state index in [0.29, 0.717) is 12.3 Å². The van der Waals surface area contributed by atoms with Gasteiger partial charge in [0.25, 0.3) is 0 Å². The predicted molar refractivity (Wildman–Crippen MR) is 49.6 cm³/mol. The maximum atomic E-state index is 9.18. The Bertz CT molecular complexity index is 439. The maximum absolute atomic E-state index is 9.18. The maximum Gasteiger partial charge on any atom is 0.160 e. The molecule has 0 saturated heterocycles. The summed E-state index contributed by atoms with van der Waals surface area (Å²) >= 11 is 0. The Kier molecular flexibility index (Phi) is 2.43. The summed E-state index contributed by atoms with van der Waals surface area (Å²) in [5, 5.41) is 13.4. The van der Waals surface area contributed by atoms with E-state index in [4.69, 9.17) is 4.74 Å². The summed E-state index contributed by atoms with van der Waals surface area (Å²) < 4.78 is 6.62. The summed E-state index contributed by atoms with van der Waals surface area (Å²) in [4.78, 5) is 4.14. The molecular formula is C9H11N3O2. The van der Waals surface area contributed by atoms with E-state index < -0.39 is 0 Å². The second-order valence-corrected chi connectivity index (χ2v) is 2.90. The molecular weight excluding hydrogens is 182 g/mol. The van der Waals surface area contributed by atoms with Gasteiger partial charge in [0.15, 0.2) is 5.65 Å². The van der Waals surface area contributed by atoms with E-state index in [2.05, 4.69) is 10.1 Å². The van der Waals surface area contributed by atoms with Crippen molar-refractivity contribution in [3.63, 3.8) is 0 Å². The highest BCUT2D eigenvalue weighted by atomic mass is 16.5. The van der Waals surface area contributed by atoms with Crippen LogP contribution < -0.4 is 0 Å². The molecule has 2 heterocycles. The number of methoxy groups -OCH3 is 1. The van der Waals surface area contributed by atoms with Gasteiger partial charge in [-0.25, -0.2) is 9.50 Å². The van der Waals surface area contributed by atoms with Crippen molar-refractivity contribution in [2.24, 2.45) is 0 Å². The summed E-state index contributed by atoms with van der Waals surface area (Å²) in [5.41, 5.74) is 2.14. The first-order chi connectivity index (χ1) is 6.86. The highest BCUT2D eigenvalue weighted by Crippen LogP contribution is 2.13. The third-order valence-electron chi connectivity index (χ3n) is 2.01. The zero-order valence-electron chi connectivity index (χ0n) is 7.84. The standard InChI is InChI=1S/C9H11N3O2/c1-14-6-8-7(5-13)9-10-3-2-4-12(9)11-8/h2-4,13H,5-6H2,1H3.